The molecule has 0 radical (unpaired) electrons. The van der Waals surface area contributed by atoms with E-state index < -0.39 is 26.3 Å². The lowest BCUT2D eigenvalue weighted by molar-refractivity contribution is -0.150. The van der Waals surface area contributed by atoms with Gasteiger partial charge in [0.05, 0.1) is 34.0 Å². The summed E-state index contributed by atoms with van der Waals surface area (Å²) in [5.74, 6) is 0.901. The van der Waals surface area contributed by atoms with Crippen LogP contribution >= 0.6 is 0 Å². The summed E-state index contributed by atoms with van der Waals surface area (Å²) in [5.41, 5.74) is 1.60. The van der Waals surface area contributed by atoms with Crippen LogP contribution in [0.2, 0.25) is 18.1 Å². The van der Waals surface area contributed by atoms with Crippen molar-refractivity contribution in [3.8, 4) is 28.7 Å². The summed E-state index contributed by atoms with van der Waals surface area (Å²) >= 11 is 0. The Morgan fingerprint density at radius 3 is 2.14 bits per heavy atom. The average Bonchev–Trinajstić information content (AvgIpc) is 3.29. The molecule has 36 heavy (non-hydrogen) atoms. The highest BCUT2D eigenvalue weighted by atomic mass is 28.4. The lowest BCUT2D eigenvalue weighted by Crippen LogP contribution is -2.46. The minimum absolute atomic E-state index is 0.0415. The van der Waals surface area contributed by atoms with Gasteiger partial charge in [0, 0.05) is 11.1 Å². The van der Waals surface area contributed by atoms with Gasteiger partial charge in [-0.2, -0.15) is 0 Å². The molecule has 2 atom stereocenters. The Morgan fingerprint density at radius 2 is 1.58 bits per heavy atom. The fourth-order valence-corrected chi connectivity index (χ4v) is 5.10. The van der Waals surface area contributed by atoms with Gasteiger partial charge in [-0.15, -0.1) is 0 Å². The van der Waals surface area contributed by atoms with Crippen LogP contribution in [-0.4, -0.2) is 53.6 Å². The third-order valence-electron chi connectivity index (χ3n) is 7.42. The molecule has 2 aliphatic heterocycles. The molecule has 8 nitrogen and oxygen atoms in total. The van der Waals surface area contributed by atoms with Crippen LogP contribution in [0.1, 0.15) is 44.9 Å². The molecule has 0 spiro atoms. The normalized spacial score (nSPS) is 21.3. The zero-order valence-electron chi connectivity index (χ0n) is 22.5. The van der Waals surface area contributed by atoms with Crippen LogP contribution in [0.5, 0.6) is 28.7 Å². The van der Waals surface area contributed by atoms with E-state index in [2.05, 4.69) is 33.9 Å². The minimum atomic E-state index is -2.06. The quantitative estimate of drug-likeness (QED) is 0.479. The number of rotatable bonds is 7. The van der Waals surface area contributed by atoms with Crippen molar-refractivity contribution in [3.63, 3.8) is 0 Å². The molecule has 1 saturated heterocycles. The van der Waals surface area contributed by atoms with E-state index in [1.165, 1.54) is 14.2 Å². The highest BCUT2D eigenvalue weighted by Gasteiger charge is 2.42. The van der Waals surface area contributed by atoms with Gasteiger partial charge in [-0.3, -0.25) is 0 Å². The topological polar surface area (TPSA) is 84.8 Å². The van der Waals surface area contributed by atoms with Crippen molar-refractivity contribution >= 4 is 8.32 Å². The molecule has 9 heteroatoms. The number of ether oxygens (including phenoxy) is 6. The maximum absolute atomic E-state index is 10.4. The predicted octanol–water partition coefficient (Wildman–Crippen LogP) is 5.53. The molecule has 2 aliphatic rings. The minimum Gasteiger partial charge on any atom is -0.502 e. The summed E-state index contributed by atoms with van der Waals surface area (Å²) in [6, 6.07) is 9.19. The van der Waals surface area contributed by atoms with Gasteiger partial charge in [0.15, 0.2) is 49.3 Å². The first-order chi connectivity index (χ1) is 16.9. The molecule has 0 unspecified atom stereocenters. The van der Waals surface area contributed by atoms with Crippen molar-refractivity contribution in [1.29, 1.82) is 0 Å². The van der Waals surface area contributed by atoms with Gasteiger partial charge >= 0.3 is 0 Å². The van der Waals surface area contributed by atoms with E-state index in [0.29, 0.717) is 42.8 Å². The summed E-state index contributed by atoms with van der Waals surface area (Å²) in [6.07, 6.45) is -0.981. The summed E-state index contributed by atoms with van der Waals surface area (Å²) < 4.78 is 42.1. The SMILES string of the molecule is COc1cc([C@@H]2Oc3ccc(C4(C)OCCO4)cc3O[C@H]2CO[Si](C)(C)C(C)(C)C)cc(OC)c1O. The van der Waals surface area contributed by atoms with E-state index in [1.54, 1.807) is 12.1 Å². The van der Waals surface area contributed by atoms with E-state index in [4.69, 9.17) is 32.8 Å². The largest absolute Gasteiger partial charge is 0.502 e. The molecule has 0 aromatic heterocycles. The standard InChI is InChI=1S/C27H38O8Si/c1-26(2,3)36(7,8)33-16-23-25(17-13-21(29-5)24(28)22(14-17)30-6)35-19-10-9-18(15-20(19)34-23)27(4)31-11-12-32-27/h9-10,13-15,23,25,28H,11-12,16H2,1-8H3/t23-,25-/m0/s1. The Labute approximate surface area is 214 Å². The summed E-state index contributed by atoms with van der Waals surface area (Å²) in [6.45, 7) is 14.3. The van der Waals surface area contributed by atoms with Gasteiger partial charge < -0.3 is 38.0 Å². The molecule has 198 valence electrons. The summed E-state index contributed by atoms with van der Waals surface area (Å²) in [4.78, 5) is 0. The Balaban J connectivity index is 1.71. The number of phenolic OH excluding ortho intramolecular Hbond substituents is 1. The highest BCUT2D eigenvalue weighted by Crippen LogP contribution is 2.46. The molecule has 2 aromatic carbocycles. The van der Waals surface area contributed by atoms with Crippen molar-refractivity contribution in [1.82, 2.24) is 0 Å². The van der Waals surface area contributed by atoms with Crippen molar-refractivity contribution < 1.29 is 38.0 Å². The van der Waals surface area contributed by atoms with Crippen molar-refractivity contribution in [2.24, 2.45) is 0 Å². The molecular weight excluding hydrogens is 480 g/mol. The Bertz CT molecular complexity index is 1060. The number of aromatic hydroxyl groups is 1. The number of hydrogen-bond acceptors (Lipinski definition) is 8. The number of benzene rings is 2. The van der Waals surface area contributed by atoms with Crippen LogP contribution in [-0.2, 0) is 19.7 Å². The smallest absolute Gasteiger partial charge is 0.200 e. The fourth-order valence-electron chi connectivity index (χ4n) is 4.09. The molecular formula is C27H38O8Si. The van der Waals surface area contributed by atoms with Crippen LogP contribution in [0.25, 0.3) is 0 Å². The number of hydrogen-bond donors (Lipinski definition) is 1. The fraction of sp³-hybridized carbons (Fsp3) is 0.556. The van der Waals surface area contributed by atoms with Gasteiger partial charge in [-0.25, -0.2) is 0 Å². The molecule has 0 saturated carbocycles. The highest BCUT2D eigenvalue weighted by molar-refractivity contribution is 6.74. The molecule has 4 rings (SSSR count). The first kappa shape index (κ1) is 26.6. The Hall–Kier alpha value is -2.46. The van der Waals surface area contributed by atoms with Crippen LogP contribution in [0.15, 0.2) is 30.3 Å². The van der Waals surface area contributed by atoms with E-state index in [0.717, 1.165) is 11.1 Å². The second kappa shape index (κ2) is 9.78. The van der Waals surface area contributed by atoms with Gasteiger partial charge in [-0.05, 0) is 55.4 Å². The van der Waals surface area contributed by atoms with E-state index in [9.17, 15) is 5.11 Å². The van der Waals surface area contributed by atoms with Gasteiger partial charge in [0.2, 0.25) is 5.75 Å². The van der Waals surface area contributed by atoms with Gasteiger partial charge in [-0.1, -0.05) is 20.8 Å². The van der Waals surface area contributed by atoms with E-state index >= 15 is 0 Å². The number of methoxy groups -OCH3 is 2. The third-order valence-corrected chi connectivity index (χ3v) is 11.9. The number of fused-ring (bicyclic) bond motifs is 1. The molecule has 1 N–H and O–H groups in total. The molecule has 0 aliphatic carbocycles. The lowest BCUT2D eigenvalue weighted by Gasteiger charge is -2.40. The van der Waals surface area contributed by atoms with Crippen molar-refractivity contribution in [2.75, 3.05) is 34.0 Å². The molecule has 1 fully saturated rings. The van der Waals surface area contributed by atoms with Gasteiger partial charge in [0.25, 0.3) is 0 Å². The first-order valence-electron chi connectivity index (χ1n) is 12.2. The second-order valence-corrected chi connectivity index (χ2v) is 15.7. The lowest BCUT2D eigenvalue weighted by atomic mass is 10.0. The van der Waals surface area contributed by atoms with Crippen LogP contribution in [0, 0.1) is 0 Å². The second-order valence-electron chi connectivity index (χ2n) is 10.8. The summed E-state index contributed by atoms with van der Waals surface area (Å²) in [5, 5.41) is 10.5. The van der Waals surface area contributed by atoms with Crippen LogP contribution < -0.4 is 18.9 Å². The molecule has 0 bridgehead atoms. The zero-order valence-corrected chi connectivity index (χ0v) is 23.5. The maximum atomic E-state index is 10.4. The molecule has 2 aromatic rings. The van der Waals surface area contributed by atoms with Crippen molar-refractivity contribution in [3.05, 3.63) is 41.5 Å². The number of phenols is 1. The van der Waals surface area contributed by atoms with E-state index in [-0.39, 0.29) is 10.8 Å². The molecule has 0 amide bonds. The Morgan fingerprint density at radius 1 is 0.972 bits per heavy atom. The predicted molar refractivity (Wildman–Crippen MR) is 138 cm³/mol. The van der Waals surface area contributed by atoms with Crippen LogP contribution in [0.4, 0.5) is 0 Å². The van der Waals surface area contributed by atoms with E-state index in [1.807, 2.05) is 25.1 Å². The monoisotopic (exact) mass is 518 g/mol. The van der Waals surface area contributed by atoms with Crippen LogP contribution in [0.3, 0.4) is 0 Å². The van der Waals surface area contributed by atoms with Crippen molar-refractivity contribution in [2.45, 2.75) is 63.8 Å². The maximum Gasteiger partial charge on any atom is 0.200 e. The summed E-state index contributed by atoms with van der Waals surface area (Å²) in [7, 11) is 0.934. The molecule has 2 heterocycles. The third kappa shape index (κ3) is 5.02. The first-order valence-corrected chi connectivity index (χ1v) is 15.1. The Kier molecular flexibility index (Phi) is 7.22. The van der Waals surface area contributed by atoms with Gasteiger partial charge in [0.1, 0.15) is 0 Å². The zero-order chi connectivity index (χ0) is 26.3. The average molecular weight is 519 g/mol.